The third kappa shape index (κ3) is 4.65. The minimum atomic E-state index is -0.372. The van der Waals surface area contributed by atoms with Crippen molar-refractivity contribution in [2.75, 3.05) is 0 Å². The Morgan fingerprint density at radius 2 is 1.89 bits per heavy atom. The molecular formula is C5H9B3O. The van der Waals surface area contributed by atoms with Crippen LogP contribution in [0.15, 0.2) is 0 Å². The molecule has 0 rings (SSSR count). The Morgan fingerprint density at radius 3 is 2.22 bits per heavy atom. The molecule has 0 saturated heterocycles. The predicted octanol–water partition coefficient (Wildman–Crippen LogP) is 0.0597. The van der Waals surface area contributed by atoms with Gasteiger partial charge >= 0.3 is 0 Å². The summed E-state index contributed by atoms with van der Waals surface area (Å²) in [6, 6.07) is -0.372. The summed E-state index contributed by atoms with van der Waals surface area (Å²) in [4.78, 5) is 0. The molecule has 0 heterocycles. The summed E-state index contributed by atoms with van der Waals surface area (Å²) >= 11 is 0. The van der Waals surface area contributed by atoms with Crippen LogP contribution in [-0.4, -0.2) is 35.6 Å². The lowest BCUT2D eigenvalue weighted by molar-refractivity contribution is 0.0651. The van der Waals surface area contributed by atoms with E-state index in [4.69, 9.17) is 28.3 Å². The highest BCUT2D eigenvalue weighted by molar-refractivity contribution is 6.18. The lowest BCUT2D eigenvalue weighted by Crippen LogP contribution is -2.19. The summed E-state index contributed by atoms with van der Waals surface area (Å²) < 4.78 is 5.08. The van der Waals surface area contributed by atoms with Gasteiger partial charge in [-0.25, -0.2) is 0 Å². The molecule has 6 radical (unpaired) electrons. The van der Waals surface area contributed by atoms with Crippen LogP contribution >= 0.6 is 0 Å². The number of rotatable bonds is 4. The third-order valence-corrected chi connectivity index (χ3v) is 0.971. The van der Waals surface area contributed by atoms with Crippen LogP contribution < -0.4 is 0 Å². The lowest BCUT2D eigenvalue weighted by Gasteiger charge is -2.16. The van der Waals surface area contributed by atoms with E-state index in [1.807, 2.05) is 6.92 Å². The SMILES string of the molecule is [B]C[C@@H]([B])O[C@H](C)C[B]. The number of hydrogen-bond acceptors (Lipinski definition) is 1. The van der Waals surface area contributed by atoms with E-state index in [0.29, 0.717) is 12.6 Å². The van der Waals surface area contributed by atoms with Gasteiger partial charge in [0.1, 0.15) is 7.85 Å². The van der Waals surface area contributed by atoms with E-state index in [2.05, 4.69) is 0 Å². The Hall–Kier alpha value is 0.155. The average Bonchev–Trinajstić information content (AvgIpc) is 1.87. The van der Waals surface area contributed by atoms with E-state index in [1.165, 1.54) is 0 Å². The molecule has 0 spiro atoms. The fourth-order valence-electron chi connectivity index (χ4n) is 0.410. The molecule has 0 N–H and O–H groups in total. The zero-order valence-electron chi connectivity index (χ0n) is 5.71. The Kier molecular flexibility index (Phi) is 5.07. The van der Waals surface area contributed by atoms with Crippen LogP contribution in [0.5, 0.6) is 0 Å². The van der Waals surface area contributed by atoms with Gasteiger partial charge in [-0.3, -0.25) is 0 Å². The van der Waals surface area contributed by atoms with Crippen LogP contribution in [0.25, 0.3) is 0 Å². The minimum Gasteiger partial charge on any atom is -0.387 e. The Morgan fingerprint density at radius 1 is 1.33 bits per heavy atom. The highest BCUT2D eigenvalue weighted by atomic mass is 16.5. The second kappa shape index (κ2) is 4.98. The molecule has 0 aliphatic carbocycles. The molecule has 0 aromatic carbocycles. The zero-order valence-corrected chi connectivity index (χ0v) is 5.71. The topological polar surface area (TPSA) is 9.23 Å². The maximum Gasteiger partial charge on any atom is 0.107 e. The molecule has 0 amide bonds. The van der Waals surface area contributed by atoms with Gasteiger partial charge in [0.25, 0.3) is 0 Å². The molecule has 0 aliphatic heterocycles. The predicted molar refractivity (Wildman–Crippen MR) is 41.2 cm³/mol. The summed E-state index contributed by atoms with van der Waals surface area (Å²) in [5.41, 5.74) is 0. The molecule has 0 unspecified atom stereocenters. The maximum absolute atomic E-state index is 5.35. The summed E-state index contributed by atoms with van der Waals surface area (Å²) in [7, 11) is 15.8. The average molecular weight is 118 g/mol. The van der Waals surface area contributed by atoms with Crippen LogP contribution in [0.3, 0.4) is 0 Å². The highest BCUT2D eigenvalue weighted by Gasteiger charge is 2.01. The summed E-state index contributed by atoms with van der Waals surface area (Å²) in [6.45, 7) is 1.86. The van der Waals surface area contributed by atoms with Crippen LogP contribution in [0.2, 0.25) is 12.6 Å². The number of hydrogen-bond donors (Lipinski definition) is 0. The molecule has 0 aromatic rings. The molecule has 44 valence electrons. The summed E-state index contributed by atoms with van der Waals surface area (Å²) in [6.07, 6.45) is 0.821. The molecule has 4 heteroatoms. The van der Waals surface area contributed by atoms with Gasteiger partial charge in [-0.2, -0.15) is 0 Å². The van der Waals surface area contributed by atoms with E-state index in [1.54, 1.807) is 0 Å². The van der Waals surface area contributed by atoms with Crippen molar-refractivity contribution in [2.45, 2.75) is 31.7 Å². The quantitative estimate of drug-likeness (QED) is 0.473. The van der Waals surface area contributed by atoms with Gasteiger partial charge in [-0.1, -0.05) is 12.6 Å². The van der Waals surface area contributed by atoms with E-state index in [9.17, 15) is 0 Å². The van der Waals surface area contributed by atoms with Crippen molar-refractivity contribution in [3.63, 3.8) is 0 Å². The van der Waals surface area contributed by atoms with Crippen molar-refractivity contribution in [1.29, 1.82) is 0 Å². The first-order chi connectivity index (χ1) is 4.20. The van der Waals surface area contributed by atoms with Crippen LogP contribution in [0.4, 0.5) is 0 Å². The standard InChI is InChI=1S/C5H9B3O/c1-4(2-6)9-5(8)3-7/h4-5H,2-3H2,1H3/t4-,5+/m1/s1. The van der Waals surface area contributed by atoms with Gasteiger partial charge in [0, 0.05) is 12.1 Å². The largest absolute Gasteiger partial charge is 0.387 e. The van der Waals surface area contributed by atoms with E-state index in [-0.39, 0.29) is 12.1 Å². The van der Waals surface area contributed by atoms with E-state index >= 15 is 0 Å². The summed E-state index contributed by atoms with van der Waals surface area (Å²) in [5.74, 6) is 0. The maximum atomic E-state index is 5.35. The minimum absolute atomic E-state index is 0.00329. The third-order valence-electron chi connectivity index (χ3n) is 0.971. The molecule has 1 nitrogen and oxygen atoms in total. The molecule has 9 heavy (non-hydrogen) atoms. The van der Waals surface area contributed by atoms with Gasteiger partial charge in [0.15, 0.2) is 0 Å². The second-order valence-corrected chi connectivity index (χ2v) is 1.96. The number of ether oxygens (including phenoxy) is 1. The monoisotopic (exact) mass is 118 g/mol. The second-order valence-electron chi connectivity index (χ2n) is 1.96. The molecular weight excluding hydrogens is 108 g/mol. The Balaban J connectivity index is 3.22. The van der Waals surface area contributed by atoms with Crippen molar-refractivity contribution in [2.24, 2.45) is 0 Å². The summed E-state index contributed by atoms with van der Waals surface area (Å²) in [5, 5.41) is 0. The lowest BCUT2D eigenvalue weighted by atomic mass is 9.86. The first-order valence-corrected chi connectivity index (χ1v) is 3.02. The fourth-order valence-corrected chi connectivity index (χ4v) is 0.410. The molecule has 0 bridgehead atoms. The molecule has 0 aromatic heterocycles. The molecule has 2 atom stereocenters. The van der Waals surface area contributed by atoms with Gasteiger partial charge in [0.05, 0.1) is 15.7 Å². The van der Waals surface area contributed by atoms with Gasteiger partial charge in [-0.05, 0) is 6.92 Å². The first kappa shape index (κ1) is 9.15. The van der Waals surface area contributed by atoms with Crippen LogP contribution in [0, 0.1) is 0 Å². The normalized spacial score (nSPS) is 17.0. The van der Waals surface area contributed by atoms with Gasteiger partial charge in [0.2, 0.25) is 0 Å². The van der Waals surface area contributed by atoms with Crippen molar-refractivity contribution in [3.05, 3.63) is 0 Å². The fraction of sp³-hybridized carbons (Fsp3) is 1.00. The van der Waals surface area contributed by atoms with Crippen molar-refractivity contribution >= 4 is 23.5 Å². The smallest absolute Gasteiger partial charge is 0.107 e. The first-order valence-electron chi connectivity index (χ1n) is 3.02. The van der Waals surface area contributed by atoms with Gasteiger partial charge < -0.3 is 4.74 Å². The van der Waals surface area contributed by atoms with Crippen LogP contribution in [0.1, 0.15) is 6.92 Å². The van der Waals surface area contributed by atoms with E-state index < -0.39 is 0 Å². The zero-order chi connectivity index (χ0) is 7.28. The Bertz CT molecular complexity index is 61.2. The van der Waals surface area contributed by atoms with Crippen molar-refractivity contribution < 1.29 is 4.74 Å². The Labute approximate surface area is 60.8 Å². The van der Waals surface area contributed by atoms with E-state index in [0.717, 1.165) is 0 Å². The molecule has 0 saturated carbocycles. The highest BCUT2D eigenvalue weighted by Crippen LogP contribution is 2.00. The van der Waals surface area contributed by atoms with Gasteiger partial charge in [-0.15, -0.1) is 0 Å². The molecule has 0 aliphatic rings. The van der Waals surface area contributed by atoms with Crippen LogP contribution in [-0.2, 0) is 4.74 Å². The van der Waals surface area contributed by atoms with Crippen molar-refractivity contribution in [1.82, 2.24) is 0 Å². The van der Waals surface area contributed by atoms with Crippen molar-refractivity contribution in [3.8, 4) is 0 Å². The molecule has 0 fully saturated rings.